The second-order valence-corrected chi connectivity index (χ2v) is 6.31. The lowest BCUT2D eigenvalue weighted by Crippen LogP contribution is -2.48. The molecule has 2 fully saturated rings. The molecular weight excluding hydrogens is 230 g/mol. The zero-order chi connectivity index (χ0) is 13.4. The molecule has 2 atom stereocenters. The minimum atomic E-state index is -0.814. The quantitative estimate of drug-likeness (QED) is 0.790. The maximum atomic E-state index is 12.2. The highest BCUT2D eigenvalue weighted by molar-refractivity contribution is 5.84. The molecule has 2 N–H and O–H groups in total. The summed E-state index contributed by atoms with van der Waals surface area (Å²) in [6, 6.07) is 0. The van der Waals surface area contributed by atoms with Crippen molar-refractivity contribution in [3.63, 3.8) is 0 Å². The van der Waals surface area contributed by atoms with Gasteiger partial charge in [0.05, 0.1) is 12.0 Å². The molecule has 2 saturated carbocycles. The first-order valence-corrected chi connectivity index (χ1v) is 6.95. The van der Waals surface area contributed by atoms with Crippen LogP contribution in [0, 0.1) is 11.3 Å². The summed E-state index contributed by atoms with van der Waals surface area (Å²) in [6.45, 7) is 4.24. The monoisotopic (exact) mass is 253 g/mol. The number of hydrogen-bond acceptors (Lipinski definition) is 2. The SMILES string of the molecule is CCC1(C)CC1C(=O)NC1(CC(=O)O)CCCC1. The first-order chi connectivity index (χ1) is 8.41. The van der Waals surface area contributed by atoms with E-state index in [1.807, 2.05) is 0 Å². The summed E-state index contributed by atoms with van der Waals surface area (Å²) in [7, 11) is 0. The van der Waals surface area contributed by atoms with Crippen LogP contribution < -0.4 is 5.32 Å². The van der Waals surface area contributed by atoms with Gasteiger partial charge in [0.1, 0.15) is 0 Å². The molecule has 2 aliphatic carbocycles. The van der Waals surface area contributed by atoms with Gasteiger partial charge in [-0.15, -0.1) is 0 Å². The van der Waals surface area contributed by atoms with Gasteiger partial charge in [-0.1, -0.05) is 26.7 Å². The Morgan fingerprint density at radius 3 is 2.39 bits per heavy atom. The summed E-state index contributed by atoms with van der Waals surface area (Å²) >= 11 is 0. The summed E-state index contributed by atoms with van der Waals surface area (Å²) < 4.78 is 0. The Labute approximate surface area is 108 Å². The Bertz CT molecular complexity index is 360. The van der Waals surface area contributed by atoms with Crippen molar-refractivity contribution in [2.24, 2.45) is 11.3 Å². The zero-order valence-electron chi connectivity index (χ0n) is 11.3. The number of rotatable bonds is 5. The second kappa shape index (κ2) is 4.56. The van der Waals surface area contributed by atoms with Gasteiger partial charge in [0.2, 0.25) is 5.91 Å². The number of carboxylic acids is 1. The van der Waals surface area contributed by atoms with Crippen LogP contribution in [0.4, 0.5) is 0 Å². The van der Waals surface area contributed by atoms with Crippen LogP contribution in [0.5, 0.6) is 0 Å². The third-order valence-electron chi connectivity index (χ3n) is 4.91. The Morgan fingerprint density at radius 1 is 1.33 bits per heavy atom. The van der Waals surface area contributed by atoms with Gasteiger partial charge >= 0.3 is 5.97 Å². The van der Waals surface area contributed by atoms with Crippen LogP contribution in [0.3, 0.4) is 0 Å². The Balaban J connectivity index is 1.98. The van der Waals surface area contributed by atoms with Gasteiger partial charge in [-0.3, -0.25) is 9.59 Å². The lowest BCUT2D eigenvalue weighted by atomic mass is 9.92. The summed E-state index contributed by atoms with van der Waals surface area (Å²) in [4.78, 5) is 23.2. The van der Waals surface area contributed by atoms with Gasteiger partial charge in [0.25, 0.3) is 0 Å². The van der Waals surface area contributed by atoms with Crippen molar-refractivity contribution in [3.8, 4) is 0 Å². The molecule has 4 nitrogen and oxygen atoms in total. The van der Waals surface area contributed by atoms with Crippen LogP contribution in [0.15, 0.2) is 0 Å². The molecule has 0 aromatic heterocycles. The summed E-state index contributed by atoms with van der Waals surface area (Å²) in [5.41, 5.74) is -0.326. The molecule has 0 aromatic rings. The van der Waals surface area contributed by atoms with E-state index in [1.54, 1.807) is 0 Å². The van der Waals surface area contributed by atoms with Crippen LogP contribution >= 0.6 is 0 Å². The molecule has 0 aromatic carbocycles. The van der Waals surface area contributed by atoms with Crippen molar-refractivity contribution in [2.75, 3.05) is 0 Å². The van der Waals surface area contributed by atoms with E-state index in [-0.39, 0.29) is 23.7 Å². The predicted octanol–water partition coefficient (Wildman–Crippen LogP) is 2.33. The molecule has 4 heteroatoms. The molecule has 2 unspecified atom stereocenters. The Hall–Kier alpha value is -1.06. The average molecular weight is 253 g/mol. The van der Waals surface area contributed by atoms with E-state index in [1.165, 1.54) is 0 Å². The van der Waals surface area contributed by atoms with Gasteiger partial charge in [0.15, 0.2) is 0 Å². The normalized spacial score (nSPS) is 33.1. The number of amides is 1. The zero-order valence-corrected chi connectivity index (χ0v) is 11.3. The summed E-state index contributed by atoms with van der Waals surface area (Å²) in [5.74, 6) is -0.650. The molecule has 102 valence electrons. The van der Waals surface area contributed by atoms with E-state index < -0.39 is 11.5 Å². The first-order valence-electron chi connectivity index (χ1n) is 6.95. The van der Waals surface area contributed by atoms with Crippen LogP contribution in [-0.2, 0) is 9.59 Å². The first kappa shape index (κ1) is 13.4. The van der Waals surface area contributed by atoms with Crippen molar-refractivity contribution in [2.45, 2.75) is 64.3 Å². The second-order valence-electron chi connectivity index (χ2n) is 6.31. The lowest BCUT2D eigenvalue weighted by molar-refractivity contribution is -0.139. The number of carboxylic acid groups (broad SMARTS) is 1. The van der Waals surface area contributed by atoms with Crippen LogP contribution in [0.2, 0.25) is 0 Å². The lowest BCUT2D eigenvalue weighted by Gasteiger charge is -2.29. The average Bonchev–Trinajstić information content (AvgIpc) is 2.78. The molecule has 0 heterocycles. The van der Waals surface area contributed by atoms with Gasteiger partial charge in [-0.2, -0.15) is 0 Å². The third kappa shape index (κ3) is 2.52. The van der Waals surface area contributed by atoms with Crippen molar-refractivity contribution >= 4 is 11.9 Å². The molecular formula is C14H23NO3. The Morgan fingerprint density at radius 2 is 1.94 bits per heavy atom. The number of carbonyl (C=O) groups is 2. The molecule has 0 bridgehead atoms. The number of hydrogen-bond donors (Lipinski definition) is 2. The fourth-order valence-corrected chi connectivity index (χ4v) is 3.24. The van der Waals surface area contributed by atoms with Crippen LogP contribution in [0.1, 0.15) is 58.8 Å². The topological polar surface area (TPSA) is 66.4 Å². The van der Waals surface area contributed by atoms with Crippen LogP contribution in [0.25, 0.3) is 0 Å². The smallest absolute Gasteiger partial charge is 0.305 e. The maximum absolute atomic E-state index is 12.2. The summed E-state index contributed by atoms with van der Waals surface area (Å²) in [6.07, 6.45) is 5.66. The molecule has 2 rings (SSSR count). The number of carbonyl (C=O) groups excluding carboxylic acids is 1. The van der Waals surface area contributed by atoms with Gasteiger partial charge in [0, 0.05) is 5.92 Å². The van der Waals surface area contributed by atoms with Crippen molar-refractivity contribution in [1.29, 1.82) is 0 Å². The molecule has 0 saturated heterocycles. The fourth-order valence-electron chi connectivity index (χ4n) is 3.24. The molecule has 0 spiro atoms. The molecule has 18 heavy (non-hydrogen) atoms. The van der Waals surface area contributed by atoms with Crippen molar-refractivity contribution < 1.29 is 14.7 Å². The maximum Gasteiger partial charge on any atom is 0.305 e. The summed E-state index contributed by atoms with van der Waals surface area (Å²) in [5, 5.41) is 12.1. The van der Waals surface area contributed by atoms with Gasteiger partial charge in [-0.05, 0) is 31.1 Å². The molecule has 2 aliphatic rings. The van der Waals surface area contributed by atoms with E-state index in [9.17, 15) is 9.59 Å². The van der Waals surface area contributed by atoms with E-state index in [0.29, 0.717) is 0 Å². The number of aliphatic carboxylic acids is 1. The van der Waals surface area contributed by atoms with E-state index in [2.05, 4.69) is 19.2 Å². The van der Waals surface area contributed by atoms with Crippen molar-refractivity contribution in [1.82, 2.24) is 5.32 Å². The van der Waals surface area contributed by atoms with E-state index in [0.717, 1.165) is 38.5 Å². The number of nitrogens with one attached hydrogen (secondary N) is 1. The van der Waals surface area contributed by atoms with Crippen molar-refractivity contribution in [3.05, 3.63) is 0 Å². The highest BCUT2D eigenvalue weighted by Gasteiger charge is 2.54. The largest absolute Gasteiger partial charge is 0.481 e. The minimum absolute atomic E-state index is 0.0638. The minimum Gasteiger partial charge on any atom is -0.481 e. The van der Waals surface area contributed by atoms with Gasteiger partial charge < -0.3 is 10.4 Å². The predicted molar refractivity (Wildman–Crippen MR) is 68.1 cm³/mol. The van der Waals surface area contributed by atoms with Gasteiger partial charge in [-0.25, -0.2) is 0 Å². The highest BCUT2D eigenvalue weighted by Crippen LogP contribution is 2.55. The Kier molecular flexibility index (Phi) is 3.39. The highest BCUT2D eigenvalue weighted by atomic mass is 16.4. The van der Waals surface area contributed by atoms with E-state index in [4.69, 9.17) is 5.11 Å². The molecule has 0 radical (unpaired) electrons. The molecule has 1 amide bonds. The van der Waals surface area contributed by atoms with E-state index >= 15 is 0 Å². The van der Waals surface area contributed by atoms with Crippen LogP contribution in [-0.4, -0.2) is 22.5 Å². The fraction of sp³-hybridized carbons (Fsp3) is 0.857. The standard InChI is InChI=1S/C14H23NO3/c1-3-13(2)8-10(13)12(18)15-14(9-11(16)17)6-4-5-7-14/h10H,3-9H2,1-2H3,(H,15,18)(H,16,17). The molecule has 0 aliphatic heterocycles. The third-order valence-corrected chi connectivity index (χ3v) is 4.91.